The Labute approximate surface area is 127 Å². The van der Waals surface area contributed by atoms with E-state index in [2.05, 4.69) is 28.0 Å². The van der Waals surface area contributed by atoms with Crippen LogP contribution in [0.3, 0.4) is 0 Å². The molecule has 0 atom stereocenters. The Bertz CT molecular complexity index is 452. The second kappa shape index (κ2) is 8.78. The SMILES string of the molecule is N#Cc1ccc(CN2CCCN(CCCCO)CC2)cc1. The van der Waals surface area contributed by atoms with E-state index in [0.29, 0.717) is 6.61 Å². The molecular weight excluding hydrogens is 262 g/mol. The molecule has 2 rings (SSSR count). The van der Waals surface area contributed by atoms with Gasteiger partial charge in [-0.1, -0.05) is 12.1 Å². The summed E-state index contributed by atoms with van der Waals surface area (Å²) in [6.45, 7) is 6.88. The molecule has 0 amide bonds. The van der Waals surface area contributed by atoms with E-state index < -0.39 is 0 Å². The van der Waals surface area contributed by atoms with Crippen molar-refractivity contribution < 1.29 is 5.11 Å². The summed E-state index contributed by atoms with van der Waals surface area (Å²) in [6, 6.07) is 10.1. The summed E-state index contributed by atoms with van der Waals surface area (Å²) in [5, 5.41) is 17.7. The molecule has 114 valence electrons. The molecule has 0 spiro atoms. The molecule has 1 aromatic rings. The molecule has 0 aromatic heterocycles. The standard InChI is InChI=1S/C17H25N3O/c18-14-16-4-6-17(7-5-16)15-20-10-3-9-19(11-12-20)8-1-2-13-21/h4-7,21H,1-3,8-13,15H2. The van der Waals surface area contributed by atoms with Crippen LogP contribution in [0.5, 0.6) is 0 Å². The van der Waals surface area contributed by atoms with Gasteiger partial charge >= 0.3 is 0 Å². The van der Waals surface area contributed by atoms with Gasteiger partial charge in [0.1, 0.15) is 0 Å². The van der Waals surface area contributed by atoms with E-state index >= 15 is 0 Å². The third-order valence-electron chi connectivity index (χ3n) is 4.05. The monoisotopic (exact) mass is 287 g/mol. The maximum absolute atomic E-state index is 8.85. The minimum absolute atomic E-state index is 0.304. The molecule has 4 nitrogen and oxygen atoms in total. The summed E-state index contributed by atoms with van der Waals surface area (Å²) in [5.74, 6) is 0. The summed E-state index contributed by atoms with van der Waals surface area (Å²) < 4.78 is 0. The minimum atomic E-state index is 0.304. The van der Waals surface area contributed by atoms with Gasteiger partial charge in [-0.15, -0.1) is 0 Å². The molecule has 1 aliphatic rings. The first kappa shape index (κ1) is 16.0. The van der Waals surface area contributed by atoms with Gasteiger partial charge in [0.2, 0.25) is 0 Å². The van der Waals surface area contributed by atoms with Crippen molar-refractivity contribution in [1.82, 2.24) is 9.80 Å². The number of aliphatic hydroxyl groups excluding tert-OH is 1. The van der Waals surface area contributed by atoms with E-state index in [9.17, 15) is 0 Å². The highest BCUT2D eigenvalue weighted by Crippen LogP contribution is 2.10. The van der Waals surface area contributed by atoms with Crippen LogP contribution >= 0.6 is 0 Å². The lowest BCUT2D eigenvalue weighted by Crippen LogP contribution is -2.31. The Morgan fingerprint density at radius 1 is 1.00 bits per heavy atom. The number of unbranched alkanes of at least 4 members (excludes halogenated alkanes) is 1. The fourth-order valence-corrected chi connectivity index (χ4v) is 2.80. The topological polar surface area (TPSA) is 50.5 Å². The normalized spacial score (nSPS) is 17.3. The summed E-state index contributed by atoms with van der Waals surface area (Å²) in [7, 11) is 0. The summed E-state index contributed by atoms with van der Waals surface area (Å²) in [5.41, 5.74) is 2.01. The Hall–Kier alpha value is -1.41. The van der Waals surface area contributed by atoms with Crippen LogP contribution in [0.1, 0.15) is 30.4 Å². The first-order chi connectivity index (χ1) is 10.3. The molecule has 0 bridgehead atoms. The van der Waals surface area contributed by atoms with E-state index in [1.165, 1.54) is 12.0 Å². The number of aliphatic hydroxyl groups is 1. The Morgan fingerprint density at radius 2 is 1.71 bits per heavy atom. The van der Waals surface area contributed by atoms with Gasteiger partial charge < -0.3 is 10.0 Å². The molecule has 1 saturated heterocycles. The highest BCUT2D eigenvalue weighted by Gasteiger charge is 2.14. The molecule has 1 aliphatic heterocycles. The lowest BCUT2D eigenvalue weighted by Gasteiger charge is -2.21. The van der Waals surface area contributed by atoms with E-state index in [-0.39, 0.29) is 0 Å². The zero-order valence-electron chi connectivity index (χ0n) is 12.7. The van der Waals surface area contributed by atoms with Crippen molar-refractivity contribution in [1.29, 1.82) is 5.26 Å². The Kier molecular flexibility index (Phi) is 6.68. The van der Waals surface area contributed by atoms with E-state index in [4.69, 9.17) is 10.4 Å². The lowest BCUT2D eigenvalue weighted by molar-refractivity contribution is 0.235. The lowest BCUT2D eigenvalue weighted by atomic mass is 10.1. The number of hydrogen-bond donors (Lipinski definition) is 1. The van der Waals surface area contributed by atoms with Gasteiger partial charge in [0, 0.05) is 26.2 Å². The van der Waals surface area contributed by atoms with Gasteiger partial charge in [0.25, 0.3) is 0 Å². The number of hydrogen-bond acceptors (Lipinski definition) is 4. The molecule has 1 N–H and O–H groups in total. The number of nitriles is 1. The van der Waals surface area contributed by atoms with Gasteiger partial charge in [-0.05, 0) is 56.6 Å². The van der Waals surface area contributed by atoms with Gasteiger partial charge in [0.15, 0.2) is 0 Å². The van der Waals surface area contributed by atoms with E-state index in [1.807, 2.05) is 12.1 Å². The minimum Gasteiger partial charge on any atom is -0.396 e. The molecule has 0 saturated carbocycles. The fourth-order valence-electron chi connectivity index (χ4n) is 2.80. The third kappa shape index (κ3) is 5.47. The van der Waals surface area contributed by atoms with Crippen LogP contribution < -0.4 is 0 Å². The molecule has 0 radical (unpaired) electrons. The van der Waals surface area contributed by atoms with Crippen molar-refractivity contribution in [3.8, 4) is 6.07 Å². The van der Waals surface area contributed by atoms with Crippen LogP contribution in [-0.4, -0.2) is 54.2 Å². The molecular formula is C17H25N3O. The predicted molar refractivity (Wildman–Crippen MR) is 83.8 cm³/mol. The van der Waals surface area contributed by atoms with E-state index in [1.54, 1.807) is 0 Å². The fraction of sp³-hybridized carbons (Fsp3) is 0.588. The van der Waals surface area contributed by atoms with Crippen molar-refractivity contribution in [3.63, 3.8) is 0 Å². The molecule has 21 heavy (non-hydrogen) atoms. The maximum atomic E-state index is 8.85. The molecule has 4 heteroatoms. The van der Waals surface area contributed by atoms with Crippen LogP contribution in [0, 0.1) is 11.3 Å². The van der Waals surface area contributed by atoms with Gasteiger partial charge in [-0.25, -0.2) is 0 Å². The average molecular weight is 287 g/mol. The summed E-state index contributed by atoms with van der Waals surface area (Å²) in [4.78, 5) is 5.00. The maximum Gasteiger partial charge on any atom is 0.0991 e. The number of benzene rings is 1. The van der Waals surface area contributed by atoms with E-state index in [0.717, 1.165) is 57.7 Å². The Morgan fingerprint density at radius 3 is 2.43 bits per heavy atom. The zero-order valence-corrected chi connectivity index (χ0v) is 12.7. The second-order valence-corrected chi connectivity index (χ2v) is 5.71. The summed E-state index contributed by atoms with van der Waals surface area (Å²) in [6.07, 6.45) is 3.20. The van der Waals surface area contributed by atoms with Gasteiger partial charge in [-0.2, -0.15) is 5.26 Å². The molecule has 0 aliphatic carbocycles. The quantitative estimate of drug-likeness (QED) is 0.811. The predicted octanol–water partition coefficient (Wildman–Crippen LogP) is 1.84. The smallest absolute Gasteiger partial charge is 0.0991 e. The number of rotatable bonds is 6. The van der Waals surface area contributed by atoms with Crippen molar-refractivity contribution in [2.24, 2.45) is 0 Å². The van der Waals surface area contributed by atoms with Crippen LogP contribution in [0.4, 0.5) is 0 Å². The zero-order chi connectivity index (χ0) is 14.9. The van der Waals surface area contributed by atoms with Crippen molar-refractivity contribution in [2.45, 2.75) is 25.8 Å². The van der Waals surface area contributed by atoms with Crippen LogP contribution in [0.2, 0.25) is 0 Å². The molecule has 1 aromatic carbocycles. The second-order valence-electron chi connectivity index (χ2n) is 5.71. The first-order valence-electron chi connectivity index (χ1n) is 7.86. The van der Waals surface area contributed by atoms with Crippen molar-refractivity contribution >= 4 is 0 Å². The average Bonchev–Trinajstić information content (AvgIpc) is 2.74. The summed E-state index contributed by atoms with van der Waals surface area (Å²) >= 11 is 0. The third-order valence-corrected chi connectivity index (χ3v) is 4.05. The van der Waals surface area contributed by atoms with Crippen LogP contribution in [0.25, 0.3) is 0 Å². The van der Waals surface area contributed by atoms with Crippen LogP contribution in [0.15, 0.2) is 24.3 Å². The number of nitrogens with zero attached hydrogens (tertiary/aromatic N) is 3. The molecule has 1 fully saturated rings. The van der Waals surface area contributed by atoms with Crippen molar-refractivity contribution in [3.05, 3.63) is 35.4 Å². The van der Waals surface area contributed by atoms with Gasteiger partial charge in [0.05, 0.1) is 11.6 Å². The molecule has 0 unspecified atom stereocenters. The molecule has 1 heterocycles. The van der Waals surface area contributed by atoms with Crippen LogP contribution in [-0.2, 0) is 6.54 Å². The largest absolute Gasteiger partial charge is 0.396 e. The Balaban J connectivity index is 1.78. The van der Waals surface area contributed by atoms with Crippen molar-refractivity contribution in [2.75, 3.05) is 39.3 Å². The highest BCUT2D eigenvalue weighted by molar-refractivity contribution is 5.31. The highest BCUT2D eigenvalue weighted by atomic mass is 16.2. The first-order valence-corrected chi connectivity index (χ1v) is 7.86. The van der Waals surface area contributed by atoms with Gasteiger partial charge in [-0.3, -0.25) is 4.90 Å².